The van der Waals surface area contributed by atoms with Crippen molar-refractivity contribution in [1.29, 1.82) is 0 Å². The van der Waals surface area contributed by atoms with Gasteiger partial charge in [0.05, 0.1) is 19.1 Å². The van der Waals surface area contributed by atoms with E-state index in [0.717, 1.165) is 25.4 Å². The van der Waals surface area contributed by atoms with Gasteiger partial charge in [-0.2, -0.15) is 0 Å². The monoisotopic (exact) mass is 226 g/mol. The van der Waals surface area contributed by atoms with Crippen LogP contribution in [0.15, 0.2) is 0 Å². The number of hydrogen-bond donors (Lipinski definition) is 0. The molecule has 0 radical (unpaired) electrons. The van der Waals surface area contributed by atoms with E-state index in [4.69, 9.17) is 9.47 Å². The molecule has 92 valence electrons. The maximum atomic E-state index is 11.3. The van der Waals surface area contributed by atoms with Crippen molar-refractivity contribution in [2.75, 3.05) is 13.7 Å². The Hall–Kier alpha value is -0.570. The van der Waals surface area contributed by atoms with Crippen molar-refractivity contribution in [3.8, 4) is 0 Å². The molecule has 0 N–H and O–H groups in total. The molecule has 0 atom stereocenters. The largest absolute Gasteiger partial charge is 0.469 e. The Morgan fingerprint density at radius 1 is 1.31 bits per heavy atom. The molecule has 0 heterocycles. The molecule has 2 rings (SSSR count). The normalized spacial score (nSPS) is 23.3. The van der Waals surface area contributed by atoms with Crippen LogP contribution >= 0.6 is 0 Å². The molecule has 2 aliphatic rings. The maximum absolute atomic E-state index is 11.3. The molecule has 2 saturated carbocycles. The van der Waals surface area contributed by atoms with Crippen molar-refractivity contribution in [1.82, 2.24) is 0 Å². The number of rotatable bonds is 6. The zero-order chi connectivity index (χ0) is 11.4. The number of ether oxygens (including phenoxy) is 2. The number of carbonyl (C=O) groups is 1. The number of esters is 1. The number of carbonyl (C=O) groups excluding carboxylic acids is 1. The zero-order valence-electron chi connectivity index (χ0n) is 10.2. The molecule has 0 unspecified atom stereocenters. The fourth-order valence-electron chi connectivity index (χ4n) is 2.50. The highest BCUT2D eigenvalue weighted by Gasteiger charge is 2.40. The van der Waals surface area contributed by atoms with Crippen molar-refractivity contribution >= 4 is 5.97 Å². The minimum Gasteiger partial charge on any atom is -0.469 e. The summed E-state index contributed by atoms with van der Waals surface area (Å²) in [6.45, 7) is 0.821. The van der Waals surface area contributed by atoms with Gasteiger partial charge in [-0.25, -0.2) is 0 Å². The van der Waals surface area contributed by atoms with E-state index in [-0.39, 0.29) is 11.6 Å². The van der Waals surface area contributed by atoms with Crippen LogP contribution in [0.4, 0.5) is 0 Å². The summed E-state index contributed by atoms with van der Waals surface area (Å²) in [6.07, 6.45) is 8.95. The lowest BCUT2D eigenvalue weighted by Gasteiger charge is -2.41. The van der Waals surface area contributed by atoms with E-state index in [1.807, 2.05) is 0 Å². The lowest BCUT2D eigenvalue weighted by atomic mass is 9.77. The molecule has 0 amide bonds. The van der Waals surface area contributed by atoms with Crippen LogP contribution in [0.3, 0.4) is 0 Å². The Morgan fingerprint density at radius 3 is 2.50 bits per heavy atom. The second-order valence-electron chi connectivity index (χ2n) is 5.22. The third-order valence-corrected chi connectivity index (χ3v) is 4.12. The van der Waals surface area contributed by atoms with Crippen molar-refractivity contribution in [2.45, 2.75) is 57.0 Å². The SMILES string of the molecule is COC(=O)CC1(OCCC2CCC2)CCC1. The van der Waals surface area contributed by atoms with Crippen molar-refractivity contribution < 1.29 is 14.3 Å². The average Bonchev–Trinajstić information content (AvgIpc) is 2.17. The molecule has 0 spiro atoms. The van der Waals surface area contributed by atoms with Gasteiger partial charge in [0, 0.05) is 6.61 Å². The highest BCUT2D eigenvalue weighted by Crippen LogP contribution is 2.39. The molecule has 3 nitrogen and oxygen atoms in total. The van der Waals surface area contributed by atoms with E-state index < -0.39 is 0 Å². The first-order valence-electron chi connectivity index (χ1n) is 6.45. The summed E-state index contributed by atoms with van der Waals surface area (Å²) in [4.78, 5) is 11.3. The van der Waals surface area contributed by atoms with Crippen LogP contribution in [-0.2, 0) is 14.3 Å². The number of methoxy groups -OCH3 is 1. The first kappa shape index (κ1) is 11.9. The molecular weight excluding hydrogens is 204 g/mol. The van der Waals surface area contributed by atoms with Gasteiger partial charge in [0.2, 0.25) is 0 Å². The van der Waals surface area contributed by atoms with Crippen LogP contribution in [-0.4, -0.2) is 25.3 Å². The first-order valence-corrected chi connectivity index (χ1v) is 6.45. The van der Waals surface area contributed by atoms with E-state index in [1.54, 1.807) is 0 Å². The van der Waals surface area contributed by atoms with Crippen molar-refractivity contribution in [3.63, 3.8) is 0 Å². The second-order valence-corrected chi connectivity index (χ2v) is 5.22. The lowest BCUT2D eigenvalue weighted by Crippen LogP contribution is -2.43. The molecular formula is C13H22O3. The Bertz CT molecular complexity index is 242. The summed E-state index contributed by atoms with van der Waals surface area (Å²) in [5.74, 6) is 0.749. The van der Waals surface area contributed by atoms with Crippen LogP contribution in [0.1, 0.15) is 51.4 Å². The van der Waals surface area contributed by atoms with Crippen LogP contribution < -0.4 is 0 Å². The summed E-state index contributed by atoms with van der Waals surface area (Å²) < 4.78 is 10.7. The van der Waals surface area contributed by atoms with Gasteiger partial charge in [-0.15, -0.1) is 0 Å². The van der Waals surface area contributed by atoms with Gasteiger partial charge in [0.1, 0.15) is 0 Å². The quantitative estimate of drug-likeness (QED) is 0.653. The highest BCUT2D eigenvalue weighted by atomic mass is 16.5. The molecule has 2 aliphatic carbocycles. The van der Waals surface area contributed by atoms with Gasteiger partial charge in [-0.05, 0) is 31.6 Å². The molecule has 0 bridgehead atoms. The summed E-state index contributed by atoms with van der Waals surface area (Å²) in [5.41, 5.74) is -0.170. The fourth-order valence-corrected chi connectivity index (χ4v) is 2.50. The van der Waals surface area contributed by atoms with Gasteiger partial charge < -0.3 is 9.47 Å². The third-order valence-electron chi connectivity index (χ3n) is 4.12. The summed E-state index contributed by atoms with van der Waals surface area (Å²) in [6, 6.07) is 0. The predicted octanol–water partition coefficient (Wildman–Crippen LogP) is 2.68. The van der Waals surface area contributed by atoms with Gasteiger partial charge in [-0.1, -0.05) is 19.3 Å². The molecule has 0 aromatic heterocycles. The van der Waals surface area contributed by atoms with Gasteiger partial charge in [-0.3, -0.25) is 4.79 Å². The van der Waals surface area contributed by atoms with Gasteiger partial charge >= 0.3 is 5.97 Å². The molecule has 0 aromatic rings. The molecule has 2 fully saturated rings. The Morgan fingerprint density at radius 2 is 2.06 bits per heavy atom. The van der Waals surface area contributed by atoms with E-state index in [1.165, 1.54) is 39.2 Å². The second kappa shape index (κ2) is 5.17. The molecule has 0 aliphatic heterocycles. The Kier molecular flexibility index (Phi) is 3.85. The lowest BCUT2D eigenvalue weighted by molar-refractivity contribution is -0.158. The van der Waals surface area contributed by atoms with Crippen molar-refractivity contribution in [3.05, 3.63) is 0 Å². The molecule has 16 heavy (non-hydrogen) atoms. The van der Waals surface area contributed by atoms with Gasteiger partial charge in [0.25, 0.3) is 0 Å². The van der Waals surface area contributed by atoms with E-state index in [0.29, 0.717) is 6.42 Å². The fraction of sp³-hybridized carbons (Fsp3) is 0.923. The smallest absolute Gasteiger partial charge is 0.308 e. The number of hydrogen-bond acceptors (Lipinski definition) is 3. The maximum Gasteiger partial charge on any atom is 0.308 e. The average molecular weight is 226 g/mol. The predicted molar refractivity (Wildman–Crippen MR) is 61.1 cm³/mol. The van der Waals surface area contributed by atoms with Crippen molar-refractivity contribution in [2.24, 2.45) is 5.92 Å². The van der Waals surface area contributed by atoms with E-state index in [2.05, 4.69) is 0 Å². The van der Waals surface area contributed by atoms with Crippen LogP contribution in [0, 0.1) is 5.92 Å². The highest BCUT2D eigenvalue weighted by molar-refractivity contribution is 5.70. The summed E-state index contributed by atoms with van der Waals surface area (Å²) >= 11 is 0. The Balaban J connectivity index is 1.68. The first-order chi connectivity index (χ1) is 7.74. The van der Waals surface area contributed by atoms with E-state index >= 15 is 0 Å². The molecule has 0 saturated heterocycles. The minimum atomic E-state index is -0.170. The van der Waals surface area contributed by atoms with Gasteiger partial charge in [0.15, 0.2) is 0 Å². The van der Waals surface area contributed by atoms with E-state index in [9.17, 15) is 4.79 Å². The minimum absolute atomic E-state index is 0.136. The zero-order valence-corrected chi connectivity index (χ0v) is 10.2. The third kappa shape index (κ3) is 2.76. The molecule has 0 aromatic carbocycles. The standard InChI is InChI=1S/C13H22O3/c1-15-12(14)10-13(7-3-8-13)16-9-6-11-4-2-5-11/h11H,2-10H2,1H3. The van der Waals surface area contributed by atoms with Crippen LogP contribution in [0.2, 0.25) is 0 Å². The van der Waals surface area contributed by atoms with Crippen LogP contribution in [0.25, 0.3) is 0 Å². The summed E-state index contributed by atoms with van der Waals surface area (Å²) in [7, 11) is 1.45. The molecule has 3 heteroatoms. The summed E-state index contributed by atoms with van der Waals surface area (Å²) in [5, 5.41) is 0. The van der Waals surface area contributed by atoms with Crippen LogP contribution in [0.5, 0.6) is 0 Å². The topological polar surface area (TPSA) is 35.5 Å². The Labute approximate surface area is 97.5 Å².